The maximum atomic E-state index is 12.1. The molecule has 0 heterocycles. The van der Waals surface area contributed by atoms with E-state index in [4.69, 9.17) is 11.6 Å². The lowest BCUT2D eigenvalue weighted by molar-refractivity contribution is -0.112. The van der Waals surface area contributed by atoms with Crippen LogP contribution in [0.3, 0.4) is 0 Å². The Kier molecular flexibility index (Phi) is 5.42. The van der Waals surface area contributed by atoms with Crippen LogP contribution in [0.1, 0.15) is 13.8 Å². The van der Waals surface area contributed by atoms with Crippen molar-refractivity contribution in [1.82, 2.24) is 0 Å². The Morgan fingerprint density at radius 2 is 2.11 bits per heavy atom. The third-order valence-corrected chi connectivity index (χ3v) is 5.25. The Labute approximate surface area is 126 Å². The minimum atomic E-state index is -3.55. The van der Waals surface area contributed by atoms with Gasteiger partial charge in [0.1, 0.15) is 6.04 Å². The molecule has 0 fully saturated rings. The molecule has 0 radical (unpaired) electrons. The quantitative estimate of drug-likeness (QED) is 0.563. The Bertz CT molecular complexity index is 547. The van der Waals surface area contributed by atoms with E-state index in [1.54, 1.807) is 18.2 Å². The minimum absolute atomic E-state index is 0.0903. The van der Waals surface area contributed by atoms with E-state index in [1.807, 2.05) is 6.07 Å². The SMILES string of the molecule is CCS(=O)(=O)N(c1cccc(I)c1)C(C)C(=O)Cl. The zero-order valence-electron chi connectivity index (χ0n) is 9.93. The fourth-order valence-electron chi connectivity index (χ4n) is 1.47. The topological polar surface area (TPSA) is 54.5 Å². The molecule has 0 saturated heterocycles. The highest BCUT2D eigenvalue weighted by Gasteiger charge is 2.29. The maximum Gasteiger partial charge on any atom is 0.245 e. The molecule has 1 aromatic rings. The number of rotatable bonds is 5. The highest BCUT2D eigenvalue weighted by molar-refractivity contribution is 14.1. The number of benzene rings is 1. The van der Waals surface area contributed by atoms with Gasteiger partial charge in [-0.15, -0.1) is 0 Å². The summed E-state index contributed by atoms with van der Waals surface area (Å²) in [5.74, 6) is -0.0903. The van der Waals surface area contributed by atoms with Crippen molar-refractivity contribution in [2.24, 2.45) is 0 Å². The lowest BCUT2D eigenvalue weighted by Gasteiger charge is -2.27. The highest BCUT2D eigenvalue weighted by atomic mass is 127. The molecule has 0 aliphatic heterocycles. The second-order valence-corrected chi connectivity index (χ2v) is 7.41. The van der Waals surface area contributed by atoms with E-state index >= 15 is 0 Å². The van der Waals surface area contributed by atoms with Crippen molar-refractivity contribution in [3.05, 3.63) is 27.8 Å². The Morgan fingerprint density at radius 3 is 2.56 bits per heavy atom. The van der Waals surface area contributed by atoms with Crippen LogP contribution in [0.25, 0.3) is 0 Å². The van der Waals surface area contributed by atoms with Crippen molar-refractivity contribution in [2.45, 2.75) is 19.9 Å². The zero-order valence-corrected chi connectivity index (χ0v) is 13.7. The average Bonchev–Trinajstić information content (AvgIpc) is 2.28. The van der Waals surface area contributed by atoms with E-state index in [9.17, 15) is 13.2 Å². The highest BCUT2D eigenvalue weighted by Crippen LogP contribution is 2.24. The number of carbonyl (C=O) groups is 1. The van der Waals surface area contributed by atoms with Gasteiger partial charge in [-0.1, -0.05) is 6.07 Å². The summed E-state index contributed by atoms with van der Waals surface area (Å²) in [6, 6.07) is 6.00. The number of hydrogen-bond acceptors (Lipinski definition) is 3. The van der Waals surface area contributed by atoms with Crippen molar-refractivity contribution in [1.29, 1.82) is 0 Å². The molecule has 100 valence electrons. The van der Waals surface area contributed by atoms with Crippen molar-refractivity contribution in [3.8, 4) is 0 Å². The molecule has 0 bridgehead atoms. The van der Waals surface area contributed by atoms with E-state index in [-0.39, 0.29) is 5.75 Å². The first-order valence-electron chi connectivity index (χ1n) is 5.26. The van der Waals surface area contributed by atoms with Crippen molar-refractivity contribution < 1.29 is 13.2 Å². The second kappa shape index (κ2) is 6.21. The van der Waals surface area contributed by atoms with Crippen LogP contribution >= 0.6 is 34.2 Å². The smallest absolute Gasteiger partial charge is 0.245 e. The monoisotopic (exact) mass is 401 g/mol. The van der Waals surface area contributed by atoms with E-state index in [0.29, 0.717) is 5.69 Å². The van der Waals surface area contributed by atoms with Crippen LogP contribution in [0.4, 0.5) is 5.69 Å². The average molecular weight is 402 g/mol. The molecule has 0 N–H and O–H groups in total. The van der Waals surface area contributed by atoms with Gasteiger partial charge in [-0.3, -0.25) is 9.10 Å². The summed E-state index contributed by atoms with van der Waals surface area (Å²) in [6.07, 6.45) is 0. The number of hydrogen-bond donors (Lipinski definition) is 0. The van der Waals surface area contributed by atoms with E-state index < -0.39 is 21.3 Å². The van der Waals surface area contributed by atoms with Crippen LogP contribution in [0.2, 0.25) is 0 Å². The van der Waals surface area contributed by atoms with Gasteiger partial charge in [0.25, 0.3) is 0 Å². The molecule has 4 nitrogen and oxygen atoms in total. The summed E-state index contributed by atoms with van der Waals surface area (Å²) < 4.78 is 26.1. The molecule has 0 aromatic heterocycles. The van der Waals surface area contributed by atoms with Crippen molar-refractivity contribution in [3.63, 3.8) is 0 Å². The van der Waals surface area contributed by atoms with Crippen LogP contribution < -0.4 is 4.31 Å². The molecule has 0 amide bonds. The van der Waals surface area contributed by atoms with Gasteiger partial charge in [-0.05, 0) is 66.2 Å². The molecule has 0 spiro atoms. The summed E-state index contributed by atoms with van der Waals surface area (Å²) in [5.41, 5.74) is 0.449. The van der Waals surface area contributed by atoms with Crippen LogP contribution in [0.5, 0.6) is 0 Å². The predicted molar refractivity (Wildman–Crippen MR) is 81.4 cm³/mol. The molecule has 7 heteroatoms. The van der Waals surface area contributed by atoms with Gasteiger partial charge in [-0.2, -0.15) is 0 Å². The number of halogens is 2. The molecule has 1 atom stereocenters. The largest absolute Gasteiger partial charge is 0.279 e. The van der Waals surface area contributed by atoms with Crippen molar-refractivity contribution in [2.75, 3.05) is 10.1 Å². The third-order valence-electron chi connectivity index (χ3n) is 2.41. The fourth-order valence-corrected chi connectivity index (χ4v) is 3.44. The minimum Gasteiger partial charge on any atom is -0.279 e. The van der Waals surface area contributed by atoms with Crippen LogP contribution in [0, 0.1) is 3.57 Å². The molecule has 1 aromatic carbocycles. The molecule has 1 unspecified atom stereocenters. The van der Waals surface area contributed by atoms with Crippen LogP contribution in [-0.2, 0) is 14.8 Å². The van der Waals surface area contributed by atoms with Gasteiger partial charge < -0.3 is 0 Å². The van der Waals surface area contributed by atoms with Gasteiger partial charge in [-0.25, -0.2) is 8.42 Å². The molecule has 18 heavy (non-hydrogen) atoms. The first-order chi connectivity index (χ1) is 8.29. The lowest BCUT2D eigenvalue weighted by atomic mass is 10.3. The van der Waals surface area contributed by atoms with Crippen LogP contribution in [0.15, 0.2) is 24.3 Å². The number of sulfonamides is 1. The van der Waals surface area contributed by atoms with E-state index in [2.05, 4.69) is 22.6 Å². The second-order valence-electron chi connectivity index (χ2n) is 3.66. The molecular weight excluding hydrogens is 389 g/mol. The Hall–Kier alpha value is -0.340. The first kappa shape index (κ1) is 15.7. The first-order valence-corrected chi connectivity index (χ1v) is 8.33. The molecule has 0 saturated carbocycles. The van der Waals surface area contributed by atoms with Gasteiger partial charge in [0, 0.05) is 3.57 Å². The summed E-state index contributed by atoms with van der Waals surface area (Å²) in [6.45, 7) is 3.00. The predicted octanol–water partition coefficient (Wildman–Crippen LogP) is 2.60. The molecule has 1 rings (SSSR count). The number of carbonyl (C=O) groups excluding carboxylic acids is 1. The normalized spacial score (nSPS) is 13.1. The van der Waals surface area contributed by atoms with E-state index in [1.165, 1.54) is 13.8 Å². The maximum absolute atomic E-state index is 12.1. The third kappa shape index (κ3) is 3.58. The molecule has 0 aliphatic carbocycles. The van der Waals surface area contributed by atoms with Crippen molar-refractivity contribution >= 4 is 55.1 Å². The van der Waals surface area contributed by atoms with Gasteiger partial charge in [0.05, 0.1) is 11.4 Å². The Balaban J connectivity index is 3.34. The molecule has 0 aliphatic rings. The van der Waals surface area contributed by atoms with E-state index in [0.717, 1.165) is 7.88 Å². The lowest BCUT2D eigenvalue weighted by Crippen LogP contribution is -2.42. The zero-order chi connectivity index (χ0) is 13.9. The standard InChI is InChI=1S/C11H13ClINO3S/c1-3-18(16,17)14(8(2)11(12)15)10-6-4-5-9(13)7-10/h4-8H,3H2,1-2H3. The number of nitrogens with zero attached hydrogens (tertiary/aromatic N) is 1. The summed E-state index contributed by atoms with van der Waals surface area (Å²) in [5, 5.41) is -0.703. The van der Waals surface area contributed by atoms with Gasteiger partial charge >= 0.3 is 0 Å². The molecular formula is C11H13ClINO3S. The summed E-state index contributed by atoms with van der Waals surface area (Å²) >= 11 is 7.51. The summed E-state index contributed by atoms with van der Waals surface area (Å²) in [4.78, 5) is 11.3. The van der Waals surface area contributed by atoms with Crippen LogP contribution in [-0.4, -0.2) is 25.5 Å². The fraction of sp³-hybridized carbons (Fsp3) is 0.364. The Morgan fingerprint density at radius 1 is 1.50 bits per heavy atom. The summed E-state index contributed by atoms with van der Waals surface area (Å²) in [7, 11) is -3.55. The number of anilines is 1. The van der Waals surface area contributed by atoms with Gasteiger partial charge in [0.2, 0.25) is 15.3 Å². The van der Waals surface area contributed by atoms with Gasteiger partial charge in [0.15, 0.2) is 0 Å².